The molecule has 1 fully saturated rings. The lowest BCUT2D eigenvalue weighted by Gasteiger charge is -2.36. The second kappa shape index (κ2) is 5.41. The number of halogens is 1. The van der Waals surface area contributed by atoms with Crippen molar-refractivity contribution in [3.05, 3.63) is 33.8 Å². The van der Waals surface area contributed by atoms with E-state index in [1.54, 1.807) is 0 Å². The van der Waals surface area contributed by atoms with Crippen LogP contribution in [0.1, 0.15) is 35.7 Å². The van der Waals surface area contributed by atoms with Gasteiger partial charge in [0, 0.05) is 28.7 Å². The van der Waals surface area contributed by atoms with Crippen molar-refractivity contribution >= 4 is 21.8 Å². The Kier molecular flexibility index (Phi) is 4.07. The van der Waals surface area contributed by atoms with E-state index in [0.717, 1.165) is 35.0 Å². The molecule has 0 aliphatic carbocycles. The number of amides is 1. The van der Waals surface area contributed by atoms with Crippen molar-refractivity contribution in [1.29, 1.82) is 0 Å². The number of piperidine rings is 1. The minimum absolute atomic E-state index is 0.119. The van der Waals surface area contributed by atoms with E-state index in [2.05, 4.69) is 22.9 Å². The Labute approximate surface area is 116 Å². The molecule has 0 spiro atoms. The maximum Gasteiger partial charge on any atom is 0.254 e. The highest BCUT2D eigenvalue weighted by Gasteiger charge is 2.28. The van der Waals surface area contributed by atoms with Crippen molar-refractivity contribution in [3.63, 3.8) is 0 Å². The first kappa shape index (κ1) is 13.6. The first-order valence-electron chi connectivity index (χ1n) is 6.32. The van der Waals surface area contributed by atoms with Gasteiger partial charge in [0.25, 0.3) is 5.91 Å². The van der Waals surface area contributed by atoms with Crippen LogP contribution >= 0.6 is 15.9 Å². The molecule has 2 atom stereocenters. The largest absolute Gasteiger partial charge is 0.336 e. The van der Waals surface area contributed by atoms with E-state index in [-0.39, 0.29) is 18.0 Å². The van der Waals surface area contributed by atoms with Crippen LogP contribution in [0.3, 0.4) is 0 Å². The molecule has 0 radical (unpaired) electrons. The third kappa shape index (κ3) is 2.59. The van der Waals surface area contributed by atoms with E-state index in [4.69, 9.17) is 5.73 Å². The van der Waals surface area contributed by atoms with E-state index in [9.17, 15) is 4.79 Å². The number of carbonyl (C=O) groups is 1. The van der Waals surface area contributed by atoms with Crippen LogP contribution in [-0.2, 0) is 0 Å². The smallest absolute Gasteiger partial charge is 0.254 e. The van der Waals surface area contributed by atoms with Crippen LogP contribution < -0.4 is 5.73 Å². The van der Waals surface area contributed by atoms with Crippen molar-refractivity contribution in [2.45, 2.75) is 38.8 Å². The molecule has 1 aromatic carbocycles. The molecule has 1 saturated heterocycles. The number of hydrogen-bond donors (Lipinski definition) is 1. The van der Waals surface area contributed by atoms with Crippen LogP contribution in [-0.4, -0.2) is 29.4 Å². The lowest BCUT2D eigenvalue weighted by atomic mass is 9.97. The quantitative estimate of drug-likeness (QED) is 0.867. The number of hydrogen-bond acceptors (Lipinski definition) is 2. The lowest BCUT2D eigenvalue weighted by Crippen LogP contribution is -2.48. The van der Waals surface area contributed by atoms with Gasteiger partial charge in [0.2, 0.25) is 0 Å². The zero-order valence-corrected chi connectivity index (χ0v) is 12.4. The molecule has 98 valence electrons. The summed E-state index contributed by atoms with van der Waals surface area (Å²) < 4.78 is 0.981. The average molecular weight is 311 g/mol. The highest BCUT2D eigenvalue weighted by Crippen LogP contribution is 2.24. The second-order valence-corrected chi connectivity index (χ2v) is 5.90. The van der Waals surface area contributed by atoms with Gasteiger partial charge in [-0.3, -0.25) is 4.79 Å². The first-order chi connectivity index (χ1) is 8.50. The SMILES string of the molecule is Cc1c(Br)cccc1C(=O)N1CCC(N)CC1C. The summed E-state index contributed by atoms with van der Waals surface area (Å²) in [4.78, 5) is 14.5. The Bertz CT molecular complexity index is 461. The summed E-state index contributed by atoms with van der Waals surface area (Å²) in [6.45, 7) is 4.80. The van der Waals surface area contributed by atoms with E-state index >= 15 is 0 Å². The van der Waals surface area contributed by atoms with Gasteiger partial charge in [-0.05, 0) is 44.4 Å². The van der Waals surface area contributed by atoms with Gasteiger partial charge in [0.1, 0.15) is 0 Å². The minimum atomic E-state index is 0.119. The molecule has 1 heterocycles. The fourth-order valence-corrected chi connectivity index (χ4v) is 2.87. The Balaban J connectivity index is 2.23. The van der Waals surface area contributed by atoms with Crippen LogP contribution in [0.4, 0.5) is 0 Å². The normalized spacial score (nSPS) is 24.1. The van der Waals surface area contributed by atoms with Gasteiger partial charge in [-0.15, -0.1) is 0 Å². The molecule has 1 amide bonds. The summed E-state index contributed by atoms with van der Waals surface area (Å²) in [7, 11) is 0. The monoisotopic (exact) mass is 310 g/mol. The standard InChI is InChI=1S/C14H19BrN2O/c1-9-8-11(16)6-7-17(9)14(18)12-4-3-5-13(15)10(12)2/h3-5,9,11H,6-8,16H2,1-2H3. The number of rotatable bonds is 1. The topological polar surface area (TPSA) is 46.3 Å². The first-order valence-corrected chi connectivity index (χ1v) is 7.11. The maximum atomic E-state index is 12.6. The van der Waals surface area contributed by atoms with Crippen molar-refractivity contribution in [2.24, 2.45) is 5.73 Å². The highest BCUT2D eigenvalue weighted by molar-refractivity contribution is 9.10. The van der Waals surface area contributed by atoms with Crippen LogP contribution in [0.2, 0.25) is 0 Å². The number of nitrogens with zero attached hydrogens (tertiary/aromatic N) is 1. The molecule has 4 heteroatoms. The summed E-state index contributed by atoms with van der Waals surface area (Å²) in [5, 5.41) is 0. The molecule has 1 aromatic rings. The Morgan fingerprint density at radius 2 is 2.22 bits per heavy atom. The molecule has 2 rings (SSSR count). The summed E-state index contributed by atoms with van der Waals surface area (Å²) in [5.41, 5.74) is 7.72. The molecule has 0 bridgehead atoms. The van der Waals surface area contributed by atoms with E-state index < -0.39 is 0 Å². The summed E-state index contributed by atoms with van der Waals surface area (Å²) >= 11 is 3.47. The summed E-state index contributed by atoms with van der Waals surface area (Å²) in [5.74, 6) is 0.119. The molecule has 2 unspecified atom stereocenters. The van der Waals surface area contributed by atoms with Gasteiger partial charge in [-0.2, -0.15) is 0 Å². The van der Waals surface area contributed by atoms with Gasteiger partial charge in [-0.25, -0.2) is 0 Å². The van der Waals surface area contributed by atoms with E-state index in [1.807, 2.05) is 30.0 Å². The van der Waals surface area contributed by atoms with Crippen molar-refractivity contribution < 1.29 is 4.79 Å². The molecule has 18 heavy (non-hydrogen) atoms. The van der Waals surface area contributed by atoms with Gasteiger partial charge in [-0.1, -0.05) is 22.0 Å². The van der Waals surface area contributed by atoms with Crippen molar-refractivity contribution in [1.82, 2.24) is 4.90 Å². The summed E-state index contributed by atoms with van der Waals surface area (Å²) in [6, 6.07) is 6.21. The maximum absolute atomic E-state index is 12.6. The lowest BCUT2D eigenvalue weighted by molar-refractivity contribution is 0.0618. The Morgan fingerprint density at radius 3 is 2.89 bits per heavy atom. The fourth-order valence-electron chi connectivity index (χ4n) is 2.50. The molecule has 1 aliphatic rings. The predicted molar refractivity (Wildman–Crippen MR) is 76.6 cm³/mol. The third-order valence-corrected chi connectivity index (χ3v) is 4.53. The van der Waals surface area contributed by atoms with Gasteiger partial charge in [0.05, 0.1) is 0 Å². The van der Waals surface area contributed by atoms with Crippen LogP contribution in [0, 0.1) is 6.92 Å². The molecule has 0 aromatic heterocycles. The predicted octanol–water partition coefficient (Wildman–Crippen LogP) is 2.71. The van der Waals surface area contributed by atoms with Gasteiger partial charge in [0.15, 0.2) is 0 Å². The Morgan fingerprint density at radius 1 is 1.50 bits per heavy atom. The van der Waals surface area contributed by atoms with Crippen molar-refractivity contribution in [3.8, 4) is 0 Å². The van der Waals surface area contributed by atoms with E-state index in [1.165, 1.54) is 0 Å². The third-order valence-electron chi connectivity index (χ3n) is 3.68. The van der Waals surface area contributed by atoms with Crippen molar-refractivity contribution in [2.75, 3.05) is 6.54 Å². The highest BCUT2D eigenvalue weighted by atomic mass is 79.9. The molecule has 0 saturated carbocycles. The molecular formula is C14H19BrN2O. The fraction of sp³-hybridized carbons (Fsp3) is 0.500. The zero-order valence-electron chi connectivity index (χ0n) is 10.8. The van der Waals surface area contributed by atoms with Crippen LogP contribution in [0.15, 0.2) is 22.7 Å². The second-order valence-electron chi connectivity index (χ2n) is 5.04. The van der Waals surface area contributed by atoms with Crippen LogP contribution in [0.25, 0.3) is 0 Å². The Hall–Kier alpha value is -0.870. The van der Waals surface area contributed by atoms with E-state index in [0.29, 0.717) is 0 Å². The number of carbonyl (C=O) groups excluding carboxylic acids is 1. The number of likely N-dealkylation sites (tertiary alicyclic amines) is 1. The number of benzene rings is 1. The van der Waals surface area contributed by atoms with Gasteiger partial charge < -0.3 is 10.6 Å². The zero-order chi connectivity index (χ0) is 13.3. The molecule has 2 N–H and O–H groups in total. The molecular weight excluding hydrogens is 292 g/mol. The minimum Gasteiger partial charge on any atom is -0.336 e. The van der Waals surface area contributed by atoms with Crippen LogP contribution in [0.5, 0.6) is 0 Å². The number of nitrogens with two attached hydrogens (primary N) is 1. The van der Waals surface area contributed by atoms with Gasteiger partial charge >= 0.3 is 0 Å². The molecule has 3 nitrogen and oxygen atoms in total. The molecule has 1 aliphatic heterocycles. The average Bonchev–Trinajstić information content (AvgIpc) is 2.32. The summed E-state index contributed by atoms with van der Waals surface area (Å²) in [6.07, 6.45) is 1.78.